The second-order valence-electron chi connectivity index (χ2n) is 9.23. The molecule has 0 radical (unpaired) electrons. The van der Waals surface area contributed by atoms with Gasteiger partial charge in [0.1, 0.15) is 0 Å². The van der Waals surface area contributed by atoms with Gasteiger partial charge < -0.3 is 0 Å². The van der Waals surface area contributed by atoms with Crippen molar-refractivity contribution in [3.05, 3.63) is 60.7 Å². The van der Waals surface area contributed by atoms with E-state index in [9.17, 15) is 0 Å². The topological polar surface area (TPSA) is 0 Å². The van der Waals surface area contributed by atoms with Crippen molar-refractivity contribution in [3.8, 4) is 0 Å². The lowest BCUT2D eigenvalue weighted by Crippen LogP contribution is -2.84. The van der Waals surface area contributed by atoms with E-state index >= 15 is 0 Å². The van der Waals surface area contributed by atoms with E-state index in [0.717, 1.165) is 0 Å². The number of benzene rings is 2. The van der Waals surface area contributed by atoms with Crippen LogP contribution in [0.25, 0.3) is 0 Å². The first kappa shape index (κ1) is 19.6. The van der Waals surface area contributed by atoms with Crippen LogP contribution in [0.2, 0.25) is 52.4 Å². The van der Waals surface area contributed by atoms with E-state index in [1.165, 1.54) is 0 Å². The Hall–Kier alpha value is -0.692. The number of hydrogen-bond acceptors (Lipinski definition) is 0. The molecular formula is C20H34Si4. The van der Waals surface area contributed by atoms with Gasteiger partial charge in [-0.1, -0.05) is 123 Å². The standard InChI is InChI=1S/C20H34Si4/c1-21(2,19-15-11-9-12-16-19)23(5,6)24(7,8)22(3,4)20-17-13-10-14-18-20/h9-18H,1-8H3. The van der Waals surface area contributed by atoms with E-state index in [-0.39, 0.29) is 0 Å². The lowest BCUT2D eigenvalue weighted by molar-refractivity contribution is 1.69. The molecule has 0 spiro atoms. The molecule has 0 aliphatic carbocycles. The number of rotatable bonds is 5. The monoisotopic (exact) mass is 386 g/mol. The maximum atomic E-state index is 2.73. The lowest BCUT2D eigenvalue weighted by Gasteiger charge is -2.55. The zero-order chi connectivity index (χ0) is 18.2. The summed E-state index contributed by atoms with van der Waals surface area (Å²) in [5, 5.41) is 3.33. The first-order valence-corrected chi connectivity index (χ1v) is 24.1. The van der Waals surface area contributed by atoms with E-state index in [1.807, 2.05) is 0 Å². The highest BCUT2D eigenvalue weighted by Gasteiger charge is 2.59. The molecule has 0 fully saturated rings. The van der Waals surface area contributed by atoms with Crippen molar-refractivity contribution in [1.29, 1.82) is 0 Å². The quantitative estimate of drug-likeness (QED) is 0.643. The highest BCUT2D eigenvalue weighted by molar-refractivity contribution is 7.85. The highest BCUT2D eigenvalue weighted by atomic mass is 29.8. The minimum absolute atomic E-state index is 1.38. The van der Waals surface area contributed by atoms with Crippen molar-refractivity contribution in [3.63, 3.8) is 0 Å². The molecule has 2 rings (SSSR count). The summed E-state index contributed by atoms with van der Waals surface area (Å²) in [6.45, 7) is 21.5. The fourth-order valence-corrected chi connectivity index (χ4v) is 72.9. The first-order chi connectivity index (χ1) is 11.0. The normalized spacial score (nSPS) is 13.8. The minimum Gasteiger partial charge on any atom is -0.0730 e. The van der Waals surface area contributed by atoms with Gasteiger partial charge in [-0.3, -0.25) is 0 Å². The van der Waals surface area contributed by atoms with Crippen LogP contribution in [0.5, 0.6) is 0 Å². The Kier molecular flexibility index (Phi) is 5.36. The molecule has 0 heterocycles. The van der Waals surface area contributed by atoms with Crippen molar-refractivity contribution in [1.82, 2.24) is 0 Å². The Morgan fingerprint density at radius 2 is 0.667 bits per heavy atom. The highest BCUT2D eigenvalue weighted by Crippen LogP contribution is 2.35. The third kappa shape index (κ3) is 2.98. The SMILES string of the molecule is C[Si](C)(c1ccccc1)[Si](C)(C)[Si](C)(C)[Si](C)(C)c1ccccc1. The average molecular weight is 387 g/mol. The molecule has 0 nitrogen and oxygen atoms in total. The molecule has 0 aromatic heterocycles. The second kappa shape index (κ2) is 6.55. The van der Waals surface area contributed by atoms with Gasteiger partial charge in [0.2, 0.25) is 0 Å². The molecule has 0 aliphatic heterocycles. The van der Waals surface area contributed by atoms with Crippen LogP contribution in [0.15, 0.2) is 60.7 Å². The molecule has 24 heavy (non-hydrogen) atoms. The predicted molar refractivity (Wildman–Crippen MR) is 122 cm³/mol. The van der Waals surface area contributed by atoms with E-state index in [0.29, 0.717) is 0 Å². The van der Waals surface area contributed by atoms with Crippen LogP contribution < -0.4 is 10.4 Å². The fraction of sp³-hybridized carbons (Fsp3) is 0.400. The third-order valence-electron chi connectivity index (χ3n) is 7.68. The molecule has 0 saturated carbocycles. The second-order valence-corrected chi connectivity index (χ2v) is 48.9. The molecule has 0 N–H and O–H groups in total. The summed E-state index contributed by atoms with van der Waals surface area (Å²) in [5.74, 6) is 0. The summed E-state index contributed by atoms with van der Waals surface area (Å²) in [4.78, 5) is 0. The Bertz CT molecular complexity index is 612. The molecule has 4 heteroatoms. The molecule has 0 aliphatic rings. The summed E-state index contributed by atoms with van der Waals surface area (Å²) >= 11 is 0. The Labute approximate surface area is 152 Å². The van der Waals surface area contributed by atoms with Gasteiger partial charge in [-0.2, -0.15) is 0 Å². The average Bonchev–Trinajstić information content (AvgIpc) is 2.56. The van der Waals surface area contributed by atoms with E-state index in [2.05, 4.69) is 113 Å². The summed E-state index contributed by atoms with van der Waals surface area (Å²) in [5.41, 5.74) is 0. The van der Waals surface area contributed by atoms with Crippen molar-refractivity contribution in [2.24, 2.45) is 0 Å². The zero-order valence-electron chi connectivity index (χ0n) is 16.8. The van der Waals surface area contributed by atoms with Gasteiger partial charge in [0.15, 0.2) is 0 Å². The van der Waals surface area contributed by atoms with E-state index < -0.39 is 29.4 Å². The molecule has 0 amide bonds. The van der Waals surface area contributed by atoms with Gasteiger partial charge in [0.25, 0.3) is 0 Å². The number of hydrogen-bond donors (Lipinski definition) is 0. The first-order valence-electron chi connectivity index (χ1n) is 9.07. The van der Waals surface area contributed by atoms with Crippen molar-refractivity contribution in [2.75, 3.05) is 0 Å². The van der Waals surface area contributed by atoms with Crippen LogP contribution in [0.1, 0.15) is 0 Å². The van der Waals surface area contributed by atoms with Crippen LogP contribution >= 0.6 is 0 Å². The van der Waals surface area contributed by atoms with Gasteiger partial charge in [-0.15, -0.1) is 0 Å². The third-order valence-corrected chi connectivity index (χ3v) is 75.2. The summed E-state index contributed by atoms with van der Waals surface area (Å²) in [6, 6.07) is 22.9. The predicted octanol–water partition coefficient (Wildman–Crippen LogP) is 4.87. The van der Waals surface area contributed by atoms with E-state index in [1.54, 1.807) is 10.4 Å². The Balaban J connectivity index is 2.54. The van der Waals surface area contributed by atoms with Crippen LogP contribution in [-0.4, -0.2) is 29.4 Å². The van der Waals surface area contributed by atoms with Gasteiger partial charge in [-0.25, -0.2) is 0 Å². The molecule has 0 bridgehead atoms. The van der Waals surface area contributed by atoms with Gasteiger partial charge in [0.05, 0.1) is 15.2 Å². The van der Waals surface area contributed by atoms with Crippen molar-refractivity contribution >= 4 is 39.8 Å². The van der Waals surface area contributed by atoms with Crippen LogP contribution in [0, 0.1) is 0 Å². The molecule has 2 aromatic rings. The smallest absolute Gasteiger partial charge is 0.0711 e. The summed E-state index contributed by atoms with van der Waals surface area (Å²) < 4.78 is 0. The molecule has 130 valence electrons. The maximum Gasteiger partial charge on any atom is 0.0711 e. The van der Waals surface area contributed by atoms with Crippen molar-refractivity contribution in [2.45, 2.75) is 52.4 Å². The van der Waals surface area contributed by atoms with Gasteiger partial charge in [-0.05, 0) is 0 Å². The van der Waals surface area contributed by atoms with Crippen LogP contribution in [0.4, 0.5) is 0 Å². The lowest BCUT2D eigenvalue weighted by atomic mass is 10.4. The van der Waals surface area contributed by atoms with Crippen LogP contribution in [-0.2, 0) is 0 Å². The zero-order valence-corrected chi connectivity index (χ0v) is 20.8. The summed E-state index contributed by atoms with van der Waals surface area (Å²) in [6.07, 6.45) is 0. The largest absolute Gasteiger partial charge is 0.0730 e. The summed E-state index contributed by atoms with van der Waals surface area (Å²) in [7, 11) is -5.66. The van der Waals surface area contributed by atoms with Crippen molar-refractivity contribution < 1.29 is 0 Å². The molecular weight excluding hydrogens is 353 g/mol. The molecule has 0 unspecified atom stereocenters. The molecule has 0 saturated heterocycles. The molecule has 2 aromatic carbocycles. The minimum atomic E-state index is -1.45. The Morgan fingerprint density at radius 3 is 0.917 bits per heavy atom. The van der Waals surface area contributed by atoms with Gasteiger partial charge in [0, 0.05) is 14.2 Å². The molecule has 0 atom stereocenters. The fourth-order valence-electron chi connectivity index (χ4n) is 3.99. The Morgan fingerprint density at radius 1 is 0.417 bits per heavy atom. The van der Waals surface area contributed by atoms with Gasteiger partial charge >= 0.3 is 0 Å². The van der Waals surface area contributed by atoms with E-state index in [4.69, 9.17) is 0 Å². The van der Waals surface area contributed by atoms with Crippen LogP contribution in [0.3, 0.4) is 0 Å². The maximum absolute atomic E-state index is 2.73.